The molecule has 0 atom stereocenters. The average Bonchev–Trinajstić information content (AvgIpc) is 2.38. The van der Waals surface area contributed by atoms with Crippen molar-refractivity contribution in [2.75, 3.05) is 19.8 Å². The van der Waals surface area contributed by atoms with Gasteiger partial charge in [-0.2, -0.15) is 0 Å². The van der Waals surface area contributed by atoms with Gasteiger partial charge in [0.25, 0.3) is 5.69 Å². The predicted molar refractivity (Wildman–Crippen MR) is 82.8 cm³/mol. The lowest BCUT2D eigenvalue weighted by atomic mass is 10.2. The highest BCUT2D eigenvalue weighted by Gasteiger charge is 2.08. The summed E-state index contributed by atoms with van der Waals surface area (Å²) in [6.45, 7) is 7.36. The van der Waals surface area contributed by atoms with Gasteiger partial charge in [0.1, 0.15) is 0 Å². The molecule has 5 nitrogen and oxygen atoms in total. The maximum atomic E-state index is 10.6. The first-order chi connectivity index (χ1) is 9.50. The number of nitrogens with one attached hydrogen (secondary N) is 1. The van der Waals surface area contributed by atoms with Crippen molar-refractivity contribution in [1.82, 2.24) is 5.32 Å². The zero-order valence-corrected chi connectivity index (χ0v) is 13.5. The fraction of sp³-hybridized carbons (Fsp3) is 0.571. The quantitative estimate of drug-likeness (QED) is 0.423. The van der Waals surface area contributed by atoms with Crippen molar-refractivity contribution in [1.29, 1.82) is 0 Å². The Balaban J connectivity index is 2.24. The van der Waals surface area contributed by atoms with Crippen LogP contribution in [0.2, 0.25) is 0 Å². The van der Waals surface area contributed by atoms with Gasteiger partial charge in [-0.05, 0) is 30.5 Å². The number of nitro benzene ring substituents is 1. The highest BCUT2D eigenvalue weighted by molar-refractivity contribution is 9.10. The van der Waals surface area contributed by atoms with Crippen LogP contribution in [0.15, 0.2) is 22.7 Å². The smallest absolute Gasteiger partial charge is 0.270 e. The molecule has 0 spiro atoms. The molecule has 0 radical (unpaired) electrons. The van der Waals surface area contributed by atoms with Crippen molar-refractivity contribution in [3.63, 3.8) is 0 Å². The molecular weight excluding hydrogens is 324 g/mol. The van der Waals surface area contributed by atoms with E-state index in [1.165, 1.54) is 12.1 Å². The van der Waals surface area contributed by atoms with Crippen molar-refractivity contribution in [3.8, 4) is 0 Å². The minimum atomic E-state index is -0.395. The summed E-state index contributed by atoms with van der Waals surface area (Å²) in [6, 6.07) is 4.82. The van der Waals surface area contributed by atoms with Gasteiger partial charge in [-0.15, -0.1) is 0 Å². The fourth-order valence-electron chi connectivity index (χ4n) is 1.63. The van der Waals surface area contributed by atoms with Gasteiger partial charge in [-0.25, -0.2) is 0 Å². The SMILES string of the molecule is CC(C)COCCCNCc1ccc([N+](=O)[O-])cc1Br. The molecule has 0 aliphatic rings. The summed E-state index contributed by atoms with van der Waals surface area (Å²) in [7, 11) is 0. The molecule has 0 fully saturated rings. The maximum absolute atomic E-state index is 10.6. The number of ether oxygens (including phenoxy) is 1. The van der Waals surface area contributed by atoms with Crippen molar-refractivity contribution in [2.24, 2.45) is 5.92 Å². The minimum absolute atomic E-state index is 0.0997. The summed E-state index contributed by atoms with van der Waals surface area (Å²) in [5, 5.41) is 13.9. The first-order valence-electron chi connectivity index (χ1n) is 6.72. The third-order valence-electron chi connectivity index (χ3n) is 2.66. The molecule has 0 amide bonds. The first-order valence-corrected chi connectivity index (χ1v) is 7.51. The molecule has 0 aliphatic carbocycles. The molecule has 112 valence electrons. The fourth-order valence-corrected chi connectivity index (χ4v) is 2.14. The van der Waals surface area contributed by atoms with E-state index in [1.54, 1.807) is 6.07 Å². The number of non-ortho nitro benzene ring substituents is 1. The van der Waals surface area contributed by atoms with Crippen LogP contribution in [0.5, 0.6) is 0 Å². The largest absolute Gasteiger partial charge is 0.381 e. The predicted octanol–water partition coefficient (Wildman–Crippen LogP) is 3.51. The van der Waals surface area contributed by atoms with E-state index in [4.69, 9.17) is 4.74 Å². The summed E-state index contributed by atoms with van der Waals surface area (Å²) in [6.07, 6.45) is 0.956. The Morgan fingerprint density at radius 3 is 2.80 bits per heavy atom. The number of hydrogen-bond donors (Lipinski definition) is 1. The molecule has 0 aromatic heterocycles. The van der Waals surface area contributed by atoms with E-state index < -0.39 is 4.92 Å². The summed E-state index contributed by atoms with van der Waals surface area (Å²) < 4.78 is 6.25. The van der Waals surface area contributed by atoms with Crippen LogP contribution < -0.4 is 5.32 Å². The van der Waals surface area contributed by atoms with Crippen LogP contribution in [0.3, 0.4) is 0 Å². The van der Waals surface area contributed by atoms with Crippen LogP contribution >= 0.6 is 15.9 Å². The number of halogens is 1. The number of nitrogens with zero attached hydrogens (tertiary/aromatic N) is 1. The van der Waals surface area contributed by atoms with E-state index in [9.17, 15) is 10.1 Å². The minimum Gasteiger partial charge on any atom is -0.381 e. The molecule has 1 aromatic rings. The highest BCUT2D eigenvalue weighted by atomic mass is 79.9. The van der Waals surface area contributed by atoms with Gasteiger partial charge in [-0.3, -0.25) is 10.1 Å². The molecule has 0 saturated heterocycles. The molecule has 1 aromatic carbocycles. The monoisotopic (exact) mass is 344 g/mol. The van der Waals surface area contributed by atoms with Crippen LogP contribution in [-0.2, 0) is 11.3 Å². The van der Waals surface area contributed by atoms with Crippen LogP contribution in [0.25, 0.3) is 0 Å². The van der Waals surface area contributed by atoms with Crippen molar-refractivity contribution < 1.29 is 9.66 Å². The van der Waals surface area contributed by atoms with Gasteiger partial charge in [-0.1, -0.05) is 29.8 Å². The molecule has 1 rings (SSSR count). The molecule has 1 N–H and O–H groups in total. The van der Waals surface area contributed by atoms with Crippen molar-refractivity contribution in [2.45, 2.75) is 26.8 Å². The van der Waals surface area contributed by atoms with E-state index in [-0.39, 0.29) is 5.69 Å². The lowest BCUT2D eigenvalue weighted by molar-refractivity contribution is -0.384. The maximum Gasteiger partial charge on any atom is 0.270 e. The van der Waals surface area contributed by atoms with Gasteiger partial charge >= 0.3 is 0 Å². The standard InChI is InChI=1S/C14H21BrN2O3/c1-11(2)10-20-7-3-6-16-9-12-4-5-13(17(18)19)8-14(12)15/h4-5,8,11,16H,3,6-7,9-10H2,1-2H3. The van der Waals surface area contributed by atoms with Gasteiger partial charge in [0, 0.05) is 36.4 Å². The van der Waals surface area contributed by atoms with Crippen LogP contribution in [0, 0.1) is 16.0 Å². The Bertz CT molecular complexity index is 438. The average molecular weight is 345 g/mol. The van der Waals surface area contributed by atoms with Gasteiger partial charge in [0.05, 0.1) is 4.92 Å². The number of nitro groups is 1. The highest BCUT2D eigenvalue weighted by Crippen LogP contribution is 2.22. The second-order valence-corrected chi connectivity index (χ2v) is 5.89. The number of rotatable bonds is 9. The Kier molecular flexibility index (Phi) is 7.72. The summed E-state index contributed by atoms with van der Waals surface area (Å²) >= 11 is 3.36. The van der Waals surface area contributed by atoms with Crippen LogP contribution in [0.4, 0.5) is 5.69 Å². The molecule has 20 heavy (non-hydrogen) atoms. The molecule has 0 bridgehead atoms. The zero-order valence-electron chi connectivity index (χ0n) is 11.9. The van der Waals surface area contributed by atoms with Crippen LogP contribution in [-0.4, -0.2) is 24.7 Å². The van der Waals surface area contributed by atoms with Gasteiger partial charge in [0.15, 0.2) is 0 Å². The third-order valence-corrected chi connectivity index (χ3v) is 3.39. The van der Waals surface area contributed by atoms with E-state index in [1.807, 2.05) is 0 Å². The van der Waals surface area contributed by atoms with Crippen molar-refractivity contribution >= 4 is 21.6 Å². The first kappa shape index (κ1) is 17.1. The molecule has 0 unspecified atom stereocenters. The van der Waals surface area contributed by atoms with Crippen molar-refractivity contribution in [3.05, 3.63) is 38.3 Å². The lowest BCUT2D eigenvalue weighted by Gasteiger charge is -2.08. The summed E-state index contributed by atoms with van der Waals surface area (Å²) in [4.78, 5) is 10.2. The molecule has 0 aliphatic heterocycles. The zero-order chi connectivity index (χ0) is 15.0. The van der Waals surface area contributed by atoms with E-state index in [0.29, 0.717) is 12.5 Å². The normalized spacial score (nSPS) is 11.0. The molecule has 0 heterocycles. The molecule has 6 heteroatoms. The number of benzene rings is 1. The van der Waals surface area contributed by atoms with E-state index in [0.717, 1.165) is 36.2 Å². The Morgan fingerprint density at radius 1 is 1.45 bits per heavy atom. The van der Waals surface area contributed by atoms with E-state index >= 15 is 0 Å². The molecular formula is C14H21BrN2O3. The lowest BCUT2D eigenvalue weighted by Crippen LogP contribution is -2.17. The Morgan fingerprint density at radius 2 is 2.20 bits per heavy atom. The Hall–Kier alpha value is -0.980. The third kappa shape index (κ3) is 6.45. The van der Waals surface area contributed by atoms with E-state index in [2.05, 4.69) is 35.1 Å². The molecule has 0 saturated carbocycles. The van der Waals surface area contributed by atoms with Gasteiger partial charge < -0.3 is 10.1 Å². The second kappa shape index (κ2) is 9.05. The summed E-state index contributed by atoms with van der Waals surface area (Å²) in [5.74, 6) is 0.569. The van der Waals surface area contributed by atoms with Gasteiger partial charge in [0.2, 0.25) is 0 Å². The number of hydrogen-bond acceptors (Lipinski definition) is 4. The topological polar surface area (TPSA) is 64.4 Å². The van der Waals surface area contributed by atoms with Crippen LogP contribution in [0.1, 0.15) is 25.8 Å². The summed E-state index contributed by atoms with van der Waals surface area (Å²) in [5.41, 5.74) is 1.11. The Labute approximate surface area is 128 Å². The second-order valence-electron chi connectivity index (χ2n) is 5.03.